The molecule has 1 atom stereocenters. The van der Waals surface area contributed by atoms with Gasteiger partial charge in [0.15, 0.2) is 5.78 Å². The summed E-state index contributed by atoms with van der Waals surface area (Å²) in [6.45, 7) is 6.50. The number of halogens is 1. The van der Waals surface area contributed by atoms with Crippen molar-refractivity contribution in [2.45, 2.75) is 45.2 Å². The fraction of sp³-hybridized carbons (Fsp3) is 0.333. The van der Waals surface area contributed by atoms with Crippen LogP contribution >= 0.6 is 0 Å². The number of benzene rings is 2. The quantitative estimate of drug-likeness (QED) is 0.737. The van der Waals surface area contributed by atoms with Gasteiger partial charge in [-0.25, -0.2) is 4.39 Å². The Morgan fingerprint density at radius 1 is 1.04 bits per heavy atom. The second kappa shape index (κ2) is 8.23. The van der Waals surface area contributed by atoms with Crippen molar-refractivity contribution in [2.75, 3.05) is 0 Å². The van der Waals surface area contributed by atoms with Crippen LogP contribution in [0.5, 0.6) is 0 Å². The fourth-order valence-electron chi connectivity index (χ4n) is 2.55. The summed E-state index contributed by atoms with van der Waals surface area (Å²) in [5.41, 5.74) is 2.34. The largest absolute Gasteiger partial charge is 0.480 e. The van der Waals surface area contributed by atoms with E-state index in [4.69, 9.17) is 0 Å². The summed E-state index contributed by atoms with van der Waals surface area (Å²) in [5.74, 6) is -1.67. The molecule has 2 aromatic carbocycles. The first-order chi connectivity index (χ1) is 12.2. The predicted octanol–water partition coefficient (Wildman–Crippen LogP) is 3.94. The Hall–Kier alpha value is -2.53. The molecule has 0 fully saturated rings. The first-order valence-electron chi connectivity index (χ1n) is 8.51. The van der Waals surface area contributed by atoms with E-state index in [9.17, 15) is 19.1 Å². The number of rotatable bonds is 7. The van der Waals surface area contributed by atoms with E-state index in [2.05, 4.69) is 26.1 Å². The molecule has 2 aromatic rings. The molecule has 0 heterocycles. The maximum Gasteiger partial charge on any atom is 0.321 e. The summed E-state index contributed by atoms with van der Waals surface area (Å²) in [6, 6.07) is 12.1. The summed E-state index contributed by atoms with van der Waals surface area (Å²) in [4.78, 5) is 23.9. The van der Waals surface area contributed by atoms with Crippen molar-refractivity contribution >= 4 is 11.8 Å². The van der Waals surface area contributed by atoms with Crippen LogP contribution in [0.15, 0.2) is 48.5 Å². The molecule has 0 aliphatic carbocycles. The van der Waals surface area contributed by atoms with E-state index < -0.39 is 12.0 Å². The van der Waals surface area contributed by atoms with E-state index in [-0.39, 0.29) is 30.0 Å². The maximum atomic E-state index is 12.9. The van der Waals surface area contributed by atoms with E-state index in [1.807, 2.05) is 12.1 Å². The van der Waals surface area contributed by atoms with Crippen LogP contribution < -0.4 is 5.32 Å². The molecule has 0 saturated carbocycles. The average molecular weight is 357 g/mol. The lowest BCUT2D eigenvalue weighted by molar-refractivity contribution is -0.139. The molecule has 0 aliphatic heterocycles. The normalized spacial score (nSPS) is 12.6. The minimum absolute atomic E-state index is 0.0120. The van der Waals surface area contributed by atoms with Crippen molar-refractivity contribution in [1.82, 2.24) is 5.32 Å². The third kappa shape index (κ3) is 5.49. The number of hydrogen-bond acceptors (Lipinski definition) is 3. The lowest BCUT2D eigenvalue weighted by Gasteiger charge is -2.19. The first-order valence-corrected chi connectivity index (χ1v) is 8.51. The van der Waals surface area contributed by atoms with E-state index in [0.29, 0.717) is 5.56 Å². The second-order valence-electron chi connectivity index (χ2n) is 7.35. The number of hydrogen-bond donors (Lipinski definition) is 2. The smallest absolute Gasteiger partial charge is 0.321 e. The zero-order chi connectivity index (χ0) is 19.3. The standard InChI is InChI=1S/C21H24FNO3/c1-21(2,3)16-8-6-15(7-9-16)19(24)12-18(20(25)26)23-13-14-4-10-17(22)11-5-14/h4-11,18,23H,12-13H2,1-3H3,(H,25,26)/t18-/m0/s1. The summed E-state index contributed by atoms with van der Waals surface area (Å²) in [5, 5.41) is 12.2. The zero-order valence-corrected chi connectivity index (χ0v) is 15.3. The van der Waals surface area contributed by atoms with Gasteiger partial charge >= 0.3 is 5.97 Å². The van der Waals surface area contributed by atoms with Crippen molar-refractivity contribution in [3.63, 3.8) is 0 Å². The number of carbonyl (C=O) groups is 2. The lowest BCUT2D eigenvalue weighted by atomic mass is 9.86. The Morgan fingerprint density at radius 3 is 2.12 bits per heavy atom. The van der Waals surface area contributed by atoms with E-state index >= 15 is 0 Å². The SMILES string of the molecule is CC(C)(C)c1ccc(C(=O)C[C@H](NCc2ccc(F)cc2)C(=O)O)cc1. The Morgan fingerprint density at radius 2 is 1.62 bits per heavy atom. The van der Waals surface area contributed by atoms with Gasteiger partial charge in [0.2, 0.25) is 0 Å². The van der Waals surface area contributed by atoms with Gasteiger partial charge in [0.1, 0.15) is 11.9 Å². The van der Waals surface area contributed by atoms with Crippen molar-refractivity contribution < 1.29 is 19.1 Å². The van der Waals surface area contributed by atoms with Crippen LogP contribution in [0.3, 0.4) is 0 Å². The van der Waals surface area contributed by atoms with Crippen molar-refractivity contribution in [3.8, 4) is 0 Å². The number of carboxylic acids is 1. The highest BCUT2D eigenvalue weighted by Gasteiger charge is 2.22. The van der Waals surface area contributed by atoms with E-state index in [1.54, 1.807) is 24.3 Å². The Kier molecular flexibility index (Phi) is 6.27. The first kappa shape index (κ1) is 19.8. The number of nitrogens with one attached hydrogen (secondary N) is 1. The number of carboxylic acid groups (broad SMARTS) is 1. The molecule has 0 saturated heterocycles. The lowest BCUT2D eigenvalue weighted by Crippen LogP contribution is -2.38. The molecule has 2 rings (SSSR count). The van der Waals surface area contributed by atoms with Crippen molar-refractivity contribution in [1.29, 1.82) is 0 Å². The topological polar surface area (TPSA) is 66.4 Å². The highest BCUT2D eigenvalue weighted by molar-refractivity contribution is 5.98. The molecule has 26 heavy (non-hydrogen) atoms. The van der Waals surface area contributed by atoms with Gasteiger partial charge in [-0.1, -0.05) is 57.2 Å². The average Bonchev–Trinajstić information content (AvgIpc) is 2.59. The Bertz CT molecular complexity index is 761. The highest BCUT2D eigenvalue weighted by Crippen LogP contribution is 2.22. The molecule has 0 bridgehead atoms. The van der Waals surface area contributed by atoms with Gasteiger partial charge in [0.05, 0.1) is 0 Å². The molecule has 0 amide bonds. The molecule has 0 aliphatic rings. The molecule has 5 heteroatoms. The third-order valence-corrected chi connectivity index (χ3v) is 4.23. The third-order valence-electron chi connectivity index (χ3n) is 4.23. The van der Waals surface area contributed by atoms with Gasteiger partial charge in [-0.3, -0.25) is 14.9 Å². The fourth-order valence-corrected chi connectivity index (χ4v) is 2.55. The number of ketones is 1. The molecule has 0 radical (unpaired) electrons. The van der Waals surface area contributed by atoms with Gasteiger partial charge in [-0.15, -0.1) is 0 Å². The molecule has 4 nitrogen and oxygen atoms in total. The van der Waals surface area contributed by atoms with Gasteiger partial charge in [0, 0.05) is 18.5 Å². The molecule has 2 N–H and O–H groups in total. The minimum Gasteiger partial charge on any atom is -0.480 e. The van der Waals surface area contributed by atoms with Gasteiger partial charge in [-0.05, 0) is 28.7 Å². The van der Waals surface area contributed by atoms with Crippen LogP contribution in [0.25, 0.3) is 0 Å². The number of aliphatic carboxylic acids is 1. The van der Waals surface area contributed by atoms with Crippen LogP contribution in [0.1, 0.15) is 48.7 Å². The zero-order valence-electron chi connectivity index (χ0n) is 15.3. The number of Topliss-reactive ketones (excluding diaryl/α,β-unsaturated/α-hetero) is 1. The summed E-state index contributed by atoms with van der Waals surface area (Å²) >= 11 is 0. The maximum absolute atomic E-state index is 12.9. The summed E-state index contributed by atoms with van der Waals surface area (Å²) < 4.78 is 12.9. The molecule has 0 unspecified atom stereocenters. The molecule has 0 spiro atoms. The second-order valence-corrected chi connectivity index (χ2v) is 7.35. The van der Waals surface area contributed by atoms with Crippen molar-refractivity contribution in [3.05, 3.63) is 71.0 Å². The molecule has 0 aromatic heterocycles. The molecular formula is C21H24FNO3. The van der Waals surface area contributed by atoms with Crippen LogP contribution in [0.4, 0.5) is 4.39 Å². The Balaban J connectivity index is 2.01. The van der Waals surface area contributed by atoms with Gasteiger partial charge in [-0.2, -0.15) is 0 Å². The Labute approximate surface area is 153 Å². The van der Waals surface area contributed by atoms with Gasteiger partial charge in [0.25, 0.3) is 0 Å². The van der Waals surface area contributed by atoms with E-state index in [1.165, 1.54) is 12.1 Å². The highest BCUT2D eigenvalue weighted by atomic mass is 19.1. The summed E-state index contributed by atoms with van der Waals surface area (Å²) in [7, 11) is 0. The minimum atomic E-state index is -1.09. The van der Waals surface area contributed by atoms with E-state index in [0.717, 1.165) is 11.1 Å². The van der Waals surface area contributed by atoms with Crippen LogP contribution in [-0.2, 0) is 16.8 Å². The predicted molar refractivity (Wildman–Crippen MR) is 98.8 cm³/mol. The van der Waals surface area contributed by atoms with Crippen LogP contribution in [-0.4, -0.2) is 22.9 Å². The van der Waals surface area contributed by atoms with Crippen LogP contribution in [0.2, 0.25) is 0 Å². The van der Waals surface area contributed by atoms with Crippen LogP contribution in [0, 0.1) is 5.82 Å². The number of carbonyl (C=O) groups excluding carboxylic acids is 1. The van der Waals surface area contributed by atoms with Gasteiger partial charge < -0.3 is 5.11 Å². The summed E-state index contributed by atoms with van der Waals surface area (Å²) in [6.07, 6.45) is -0.147. The molecular weight excluding hydrogens is 333 g/mol. The molecule has 138 valence electrons. The monoisotopic (exact) mass is 357 g/mol. The van der Waals surface area contributed by atoms with Crippen molar-refractivity contribution in [2.24, 2.45) is 0 Å².